The highest BCUT2D eigenvalue weighted by Crippen LogP contribution is 2.34. The number of H-pyrrole nitrogens is 1. The molecule has 0 bridgehead atoms. The van der Waals surface area contributed by atoms with E-state index >= 15 is 0 Å². The summed E-state index contributed by atoms with van der Waals surface area (Å²) in [5.41, 5.74) is 7.28. The maximum atomic E-state index is 14.8. The lowest BCUT2D eigenvalue weighted by atomic mass is 9.94. The van der Waals surface area contributed by atoms with Crippen LogP contribution >= 0.6 is 15.9 Å². The topological polar surface area (TPSA) is 338 Å². The van der Waals surface area contributed by atoms with E-state index in [4.69, 9.17) is 20.4 Å². The molecule has 433 valence electrons. The number of primary amides is 1. The van der Waals surface area contributed by atoms with Gasteiger partial charge in [0.25, 0.3) is 5.56 Å². The van der Waals surface area contributed by atoms with Crippen LogP contribution in [0.15, 0.2) is 59.5 Å². The number of aliphatic hydroxyl groups excluding tert-OH is 1. The Morgan fingerprint density at radius 1 is 0.914 bits per heavy atom. The van der Waals surface area contributed by atoms with Gasteiger partial charge in [-0.1, -0.05) is 48.3 Å². The van der Waals surface area contributed by atoms with Crippen molar-refractivity contribution in [1.82, 2.24) is 50.6 Å². The molecule has 81 heavy (non-hydrogen) atoms. The molecule has 3 fully saturated rings. The van der Waals surface area contributed by atoms with E-state index in [2.05, 4.69) is 72.0 Å². The number of rotatable bonds is 21. The van der Waals surface area contributed by atoms with Gasteiger partial charge in [0.2, 0.25) is 35.5 Å². The number of fused-ring (bicyclic) bond motifs is 1. The smallest absolute Gasteiger partial charge is 0.409 e. The van der Waals surface area contributed by atoms with Crippen LogP contribution in [0.2, 0.25) is 0 Å². The number of likely N-dealkylation sites (N-methyl/N-ethyl adjacent to an activating group) is 2. The number of nitriles is 1. The Hall–Kier alpha value is -7.90. The first-order valence-electron chi connectivity index (χ1n) is 27.0. The van der Waals surface area contributed by atoms with Gasteiger partial charge in [0.05, 0.1) is 42.0 Å². The molecule has 4 aromatic rings. The van der Waals surface area contributed by atoms with E-state index in [1.807, 2.05) is 17.0 Å². The fourth-order valence-corrected chi connectivity index (χ4v) is 9.44. The summed E-state index contributed by atoms with van der Waals surface area (Å²) in [5, 5.41) is 36.2. The van der Waals surface area contributed by atoms with Crippen molar-refractivity contribution in [2.24, 2.45) is 11.7 Å². The number of aromatic amines is 1. The molecule has 8 N–H and O–H groups in total. The Balaban J connectivity index is 0.00000344. The van der Waals surface area contributed by atoms with Gasteiger partial charge in [-0.05, 0) is 86.4 Å². The van der Waals surface area contributed by atoms with E-state index in [1.54, 1.807) is 43.4 Å². The number of carbonyl (C=O) groups is 7. The van der Waals surface area contributed by atoms with Crippen LogP contribution in [0.5, 0.6) is 0 Å². The van der Waals surface area contributed by atoms with Gasteiger partial charge in [0, 0.05) is 84.1 Å². The highest BCUT2D eigenvalue weighted by atomic mass is 79.9. The van der Waals surface area contributed by atoms with Crippen molar-refractivity contribution in [3.05, 3.63) is 70.6 Å². The maximum absolute atomic E-state index is 14.8. The summed E-state index contributed by atoms with van der Waals surface area (Å²) in [6.45, 7) is 6.49. The van der Waals surface area contributed by atoms with Crippen molar-refractivity contribution in [3.63, 3.8) is 0 Å². The van der Waals surface area contributed by atoms with Crippen LogP contribution in [0.25, 0.3) is 10.9 Å². The number of halogens is 1. The molecule has 0 aliphatic carbocycles. The van der Waals surface area contributed by atoms with Crippen molar-refractivity contribution in [1.29, 1.82) is 5.26 Å². The van der Waals surface area contributed by atoms with Gasteiger partial charge < -0.3 is 61.2 Å². The number of likely N-dealkylation sites (tertiary alicyclic amines) is 1. The lowest BCUT2D eigenvalue weighted by Gasteiger charge is -2.33. The Bertz CT molecular complexity index is 2920. The van der Waals surface area contributed by atoms with E-state index in [1.165, 1.54) is 39.3 Å². The largest absolute Gasteiger partial charge is 0.445 e. The van der Waals surface area contributed by atoms with Gasteiger partial charge >= 0.3 is 19.7 Å². The quantitative estimate of drug-likeness (QED) is 0.0466. The number of hydrogen-bond acceptors (Lipinski definition) is 17. The second-order valence-electron chi connectivity index (χ2n) is 19.9. The Morgan fingerprint density at radius 2 is 1.58 bits per heavy atom. The molecule has 26 nitrogen and oxygen atoms in total. The average molecular weight is 1180 g/mol. The zero-order valence-electron chi connectivity index (χ0n) is 46.1. The van der Waals surface area contributed by atoms with E-state index in [0.29, 0.717) is 81.2 Å². The summed E-state index contributed by atoms with van der Waals surface area (Å²) >= 11 is 3.01. The van der Waals surface area contributed by atoms with Crippen LogP contribution < -0.4 is 47.1 Å². The minimum absolute atomic E-state index is 0.00963. The number of carbonyl (C=O) groups excluding carboxylic acids is 7. The zero-order chi connectivity index (χ0) is 58.6. The second-order valence-corrected chi connectivity index (χ2v) is 20.5. The first-order chi connectivity index (χ1) is 38.9. The monoisotopic (exact) mass is 1180 g/mol. The van der Waals surface area contributed by atoms with E-state index < -0.39 is 65.8 Å². The number of anilines is 5. The van der Waals surface area contributed by atoms with Gasteiger partial charge in [-0.15, -0.1) is 0 Å². The van der Waals surface area contributed by atoms with Crippen LogP contribution in [-0.4, -0.2) is 179 Å². The summed E-state index contributed by atoms with van der Waals surface area (Å²) in [4.78, 5) is 124. The van der Waals surface area contributed by atoms with Gasteiger partial charge in [0.1, 0.15) is 23.6 Å². The molecule has 8 amide bonds. The number of nitrogens with two attached hydrogens (primary N) is 1. The molecular formula is C53H71BBrN16O10. The molecule has 2 unspecified atom stereocenters. The summed E-state index contributed by atoms with van der Waals surface area (Å²) < 4.78 is 5.58. The fraction of sp³-hybridized carbons (Fsp3) is 0.509. The third-order valence-electron chi connectivity index (χ3n) is 13.7. The average Bonchev–Trinajstić information content (AvgIpc) is 3.99. The molecule has 5 heterocycles. The summed E-state index contributed by atoms with van der Waals surface area (Å²) in [6, 6.07) is 13.4. The number of nitrogens with zero attached hydrogens (tertiary/aromatic N) is 10. The van der Waals surface area contributed by atoms with Crippen molar-refractivity contribution >= 4 is 105 Å². The van der Waals surface area contributed by atoms with Crippen LogP contribution in [0.1, 0.15) is 77.2 Å². The van der Waals surface area contributed by atoms with E-state index in [0.717, 1.165) is 26.1 Å². The molecule has 0 spiro atoms. The number of aromatic nitrogens is 4. The third-order valence-corrected chi connectivity index (χ3v) is 14.2. The number of benzene rings is 2. The summed E-state index contributed by atoms with van der Waals surface area (Å²) in [6.07, 6.45) is 5.25. The molecule has 7 rings (SSSR count). The lowest BCUT2D eigenvalue weighted by Crippen LogP contribution is -2.56. The lowest BCUT2D eigenvalue weighted by molar-refractivity contribution is -0.140. The number of aliphatic hydroxyl groups is 1. The number of amides is 8. The SMILES string of the molecule is CCC.CN(CCN(C)C(=O)N(c1ccc(N2CCC(O)CC2)cc1)c1nc(N2CCC(CC#N)CC2)nc2cn[nH]c(=O)c12)C(=O)OCc1ccc(NC(=O)CNC(=O)C2CCCN2C(=O)C(CC(N)=O)N[B]NC(=O)CBr)cc1. The Morgan fingerprint density at radius 3 is 2.23 bits per heavy atom. The molecule has 0 saturated carbocycles. The minimum Gasteiger partial charge on any atom is -0.445 e. The first-order valence-corrected chi connectivity index (χ1v) is 28.1. The summed E-state index contributed by atoms with van der Waals surface area (Å²) in [7, 11) is 4.23. The molecular weight excluding hydrogens is 1110 g/mol. The third kappa shape index (κ3) is 17.5. The Kier molecular flexibility index (Phi) is 23.6. The second kappa shape index (κ2) is 30.6. The molecule has 3 aliphatic rings. The van der Waals surface area contributed by atoms with Gasteiger partial charge in [-0.3, -0.25) is 28.8 Å². The number of ether oxygens (including phenoxy) is 1. The standard InChI is InChI=1S/C50H63BBrN16O10.C3H8/c1-63(49(76)68(35-11-9-34(10-12-35)65-22-16-36(69)17-23-65)44-43-38(28-56-62-46(43)74)58-48(59-44)66-20-14-31(13-18-53)15-21-66)24-25-64(2)50(77)78-30-32-5-7-33(8-6-32)57-42(72)29-55-45(73)39-4-3-19-67(39)47(75)37(26-40(54)70)60-51-61-41(71)27-52;1-3-2/h5-12,28,31,36-37,39,60,69H,3-4,13-17,19-27,29-30H2,1-2H3,(H2,54,70)(H,55,73)(H,57,72)(H,61,71)(H,62,74);3H2,1-2H3. The van der Waals surface area contributed by atoms with Gasteiger partial charge in [-0.25, -0.2) is 24.6 Å². The summed E-state index contributed by atoms with van der Waals surface area (Å²) in [5.74, 6) is -2.28. The number of urea groups is 1. The number of hydrogen-bond donors (Lipinski definition) is 7. The van der Waals surface area contributed by atoms with E-state index in [9.17, 15) is 48.7 Å². The Labute approximate surface area is 478 Å². The number of nitrogens with one attached hydrogen (secondary N) is 5. The van der Waals surface area contributed by atoms with E-state index in [-0.39, 0.29) is 66.7 Å². The maximum Gasteiger partial charge on any atom is 0.409 e. The molecule has 28 heteroatoms. The van der Waals surface area contributed by atoms with Crippen LogP contribution in [0.3, 0.4) is 0 Å². The molecule has 1 radical (unpaired) electrons. The van der Waals surface area contributed by atoms with Crippen molar-refractivity contribution in [3.8, 4) is 6.07 Å². The molecule has 3 saturated heterocycles. The first kappa shape index (κ1) is 62.3. The van der Waals surface area contributed by atoms with Gasteiger partial charge in [0.15, 0.2) is 5.82 Å². The fourth-order valence-electron chi connectivity index (χ4n) is 9.27. The normalized spacial score (nSPS) is 15.8. The number of alkyl halides is 1. The number of piperidine rings is 2. The predicted octanol–water partition coefficient (Wildman–Crippen LogP) is 2.60. The zero-order valence-corrected chi connectivity index (χ0v) is 47.7. The van der Waals surface area contributed by atoms with Crippen LogP contribution in [0.4, 0.5) is 38.4 Å². The van der Waals surface area contributed by atoms with Gasteiger partial charge in [-0.2, -0.15) is 15.3 Å². The highest BCUT2D eigenvalue weighted by Gasteiger charge is 2.38. The minimum atomic E-state index is -1.14. The molecule has 2 aromatic heterocycles. The molecule has 2 aromatic carbocycles. The molecule has 3 aliphatic heterocycles. The van der Waals surface area contributed by atoms with Crippen LogP contribution in [-0.2, 0) is 35.3 Å². The van der Waals surface area contributed by atoms with Crippen LogP contribution in [0, 0.1) is 17.2 Å². The molecule has 2 atom stereocenters. The van der Waals surface area contributed by atoms with Crippen molar-refractivity contribution in [2.75, 3.05) is 91.8 Å². The predicted molar refractivity (Wildman–Crippen MR) is 307 cm³/mol. The highest BCUT2D eigenvalue weighted by molar-refractivity contribution is 9.09. The van der Waals surface area contributed by atoms with Crippen molar-refractivity contribution < 1.29 is 43.4 Å². The van der Waals surface area contributed by atoms with Crippen molar-refractivity contribution in [2.45, 2.75) is 96.4 Å².